The highest BCUT2D eigenvalue weighted by atomic mass is 79.9. The molecule has 0 unspecified atom stereocenters. The lowest BCUT2D eigenvalue weighted by molar-refractivity contribution is 0.546. The fourth-order valence-electron chi connectivity index (χ4n) is 1.69. The van der Waals surface area contributed by atoms with Gasteiger partial charge in [0.15, 0.2) is 15.5 Å². The monoisotopic (exact) mass is 331 g/mol. The van der Waals surface area contributed by atoms with E-state index in [1.165, 1.54) is 0 Å². The first-order valence-corrected chi connectivity index (χ1v) is 8.08. The second-order valence-electron chi connectivity index (χ2n) is 4.28. The first kappa shape index (κ1) is 13.5. The molecule has 0 bridgehead atoms. The van der Waals surface area contributed by atoms with Gasteiger partial charge in [0.25, 0.3) is 0 Å². The summed E-state index contributed by atoms with van der Waals surface area (Å²) in [7, 11) is -3.28. The van der Waals surface area contributed by atoms with Gasteiger partial charge in [0.05, 0.1) is 11.9 Å². The van der Waals surface area contributed by atoms with Gasteiger partial charge in [0.1, 0.15) is 9.50 Å². The zero-order chi connectivity index (χ0) is 13.5. The average molecular weight is 332 g/mol. The Bertz CT molecular complexity index is 692. The number of hydrogen-bond acceptors (Lipinski definition) is 4. The molecule has 0 spiro atoms. The molecule has 2 aromatic heterocycles. The summed E-state index contributed by atoms with van der Waals surface area (Å²) >= 11 is 3.23. The summed E-state index contributed by atoms with van der Waals surface area (Å²) < 4.78 is 25.9. The molecular weight excluding hydrogens is 318 g/mol. The molecule has 0 saturated carbocycles. The van der Waals surface area contributed by atoms with Gasteiger partial charge in [-0.15, -0.1) is 0 Å². The minimum absolute atomic E-state index is 0.0527. The van der Waals surface area contributed by atoms with Crippen LogP contribution in [0.5, 0.6) is 0 Å². The number of fused-ring (bicyclic) bond motifs is 1. The third-order valence-corrected chi connectivity index (χ3v) is 5.30. The van der Waals surface area contributed by atoms with E-state index in [0.29, 0.717) is 10.3 Å². The van der Waals surface area contributed by atoms with Gasteiger partial charge in [-0.1, -0.05) is 6.92 Å². The van der Waals surface area contributed by atoms with Crippen LogP contribution in [0.3, 0.4) is 0 Å². The van der Waals surface area contributed by atoms with Crippen LogP contribution < -0.4 is 0 Å². The minimum atomic E-state index is -3.28. The van der Waals surface area contributed by atoms with Crippen LogP contribution in [0.25, 0.3) is 11.0 Å². The van der Waals surface area contributed by atoms with Crippen molar-refractivity contribution in [1.82, 2.24) is 14.8 Å². The molecule has 0 fully saturated rings. The second-order valence-corrected chi connectivity index (χ2v) is 7.27. The van der Waals surface area contributed by atoms with Gasteiger partial charge in [0, 0.05) is 11.4 Å². The maximum Gasteiger partial charge on any atom is 0.180 e. The van der Waals surface area contributed by atoms with E-state index in [9.17, 15) is 8.42 Å². The van der Waals surface area contributed by atoms with Crippen LogP contribution in [0.4, 0.5) is 0 Å². The summed E-state index contributed by atoms with van der Waals surface area (Å²) in [4.78, 5) is 4.53. The highest BCUT2D eigenvalue weighted by Gasteiger charge is 2.19. The Labute approximate surface area is 114 Å². The molecule has 0 N–H and O–H groups in total. The van der Waals surface area contributed by atoms with Crippen LogP contribution in [0, 0.1) is 0 Å². The molecule has 0 saturated heterocycles. The Morgan fingerprint density at radius 3 is 2.67 bits per heavy atom. The van der Waals surface area contributed by atoms with Crippen molar-refractivity contribution in [1.29, 1.82) is 0 Å². The smallest absolute Gasteiger partial charge is 0.180 e. The summed E-state index contributed by atoms with van der Waals surface area (Å²) in [5.74, 6) is 0.0527. The van der Waals surface area contributed by atoms with Crippen molar-refractivity contribution in [3.63, 3.8) is 0 Å². The van der Waals surface area contributed by atoms with Crippen molar-refractivity contribution < 1.29 is 8.42 Å². The van der Waals surface area contributed by atoms with Crippen molar-refractivity contribution in [3.8, 4) is 0 Å². The van der Waals surface area contributed by atoms with Gasteiger partial charge in [-0.05, 0) is 35.8 Å². The van der Waals surface area contributed by atoms with E-state index in [1.807, 2.05) is 13.8 Å². The van der Waals surface area contributed by atoms with E-state index in [2.05, 4.69) is 26.0 Å². The predicted octanol–water partition coefficient (Wildman–Crippen LogP) is 2.57. The lowest BCUT2D eigenvalue weighted by Crippen LogP contribution is -2.07. The standard InChI is InChI=1S/C11H14BrN3O2S/c1-4-18(16,17)9-5-8-6-13-15(7(2)3)11(8)14-10(9)12/h5-7H,4H2,1-3H3. The summed E-state index contributed by atoms with van der Waals surface area (Å²) in [6.07, 6.45) is 1.64. The van der Waals surface area contributed by atoms with E-state index in [0.717, 1.165) is 5.39 Å². The SMILES string of the molecule is CCS(=O)(=O)c1cc2cnn(C(C)C)c2nc1Br. The molecule has 0 atom stereocenters. The van der Waals surface area contributed by atoms with E-state index in [4.69, 9.17) is 0 Å². The summed E-state index contributed by atoms with van der Waals surface area (Å²) in [5, 5.41) is 4.96. The minimum Gasteiger partial charge on any atom is -0.245 e. The molecule has 0 aliphatic carbocycles. The lowest BCUT2D eigenvalue weighted by Gasteiger charge is -2.08. The van der Waals surface area contributed by atoms with Crippen LogP contribution in [-0.4, -0.2) is 28.9 Å². The van der Waals surface area contributed by atoms with Crippen LogP contribution >= 0.6 is 15.9 Å². The van der Waals surface area contributed by atoms with Crippen LogP contribution in [0.1, 0.15) is 26.8 Å². The Morgan fingerprint density at radius 2 is 2.11 bits per heavy atom. The zero-order valence-corrected chi connectivity index (χ0v) is 12.8. The zero-order valence-electron chi connectivity index (χ0n) is 10.4. The maximum atomic E-state index is 11.9. The van der Waals surface area contributed by atoms with Gasteiger partial charge < -0.3 is 0 Å². The molecule has 2 rings (SSSR count). The highest BCUT2D eigenvalue weighted by molar-refractivity contribution is 9.10. The molecule has 5 nitrogen and oxygen atoms in total. The first-order valence-electron chi connectivity index (χ1n) is 5.63. The number of halogens is 1. The van der Waals surface area contributed by atoms with E-state index >= 15 is 0 Å². The average Bonchev–Trinajstić information content (AvgIpc) is 2.70. The van der Waals surface area contributed by atoms with Crippen LogP contribution in [0.15, 0.2) is 21.8 Å². The molecule has 0 aliphatic heterocycles. The molecule has 0 amide bonds. The maximum absolute atomic E-state index is 11.9. The number of hydrogen-bond donors (Lipinski definition) is 0. The second kappa shape index (κ2) is 4.62. The molecule has 0 aromatic carbocycles. The summed E-state index contributed by atoms with van der Waals surface area (Å²) in [6.45, 7) is 5.61. The molecule has 2 heterocycles. The lowest BCUT2D eigenvalue weighted by atomic mass is 10.3. The van der Waals surface area contributed by atoms with Gasteiger partial charge in [-0.25, -0.2) is 18.1 Å². The molecule has 18 heavy (non-hydrogen) atoms. The normalized spacial score (nSPS) is 12.5. The summed E-state index contributed by atoms with van der Waals surface area (Å²) in [5.41, 5.74) is 0.687. The Morgan fingerprint density at radius 1 is 1.44 bits per heavy atom. The van der Waals surface area contributed by atoms with Crippen LogP contribution in [0.2, 0.25) is 0 Å². The van der Waals surface area contributed by atoms with E-state index in [1.54, 1.807) is 23.9 Å². The van der Waals surface area contributed by atoms with Gasteiger partial charge >= 0.3 is 0 Å². The third-order valence-electron chi connectivity index (χ3n) is 2.69. The first-order chi connectivity index (χ1) is 8.36. The number of aromatic nitrogens is 3. The Hall–Kier alpha value is -0.950. The number of sulfone groups is 1. The van der Waals surface area contributed by atoms with Gasteiger partial charge in [-0.3, -0.25) is 0 Å². The van der Waals surface area contributed by atoms with E-state index < -0.39 is 9.84 Å². The van der Waals surface area contributed by atoms with Crippen molar-refractivity contribution in [3.05, 3.63) is 16.9 Å². The van der Waals surface area contributed by atoms with Crippen LogP contribution in [-0.2, 0) is 9.84 Å². The number of rotatable bonds is 3. The fourth-order valence-corrected chi connectivity index (χ4v) is 3.63. The highest BCUT2D eigenvalue weighted by Crippen LogP contribution is 2.26. The van der Waals surface area contributed by atoms with Crippen molar-refractivity contribution in [2.75, 3.05) is 5.75 Å². The fraction of sp³-hybridized carbons (Fsp3) is 0.455. The number of nitrogens with zero attached hydrogens (tertiary/aromatic N) is 3. The van der Waals surface area contributed by atoms with E-state index in [-0.39, 0.29) is 16.7 Å². The summed E-state index contributed by atoms with van der Waals surface area (Å²) in [6, 6.07) is 1.80. The molecule has 0 radical (unpaired) electrons. The van der Waals surface area contributed by atoms with Gasteiger partial charge in [0.2, 0.25) is 0 Å². The Balaban J connectivity index is 2.73. The topological polar surface area (TPSA) is 64.8 Å². The predicted molar refractivity (Wildman–Crippen MR) is 73.3 cm³/mol. The van der Waals surface area contributed by atoms with Crippen molar-refractivity contribution >= 4 is 36.8 Å². The molecular formula is C11H14BrN3O2S. The van der Waals surface area contributed by atoms with Gasteiger partial charge in [-0.2, -0.15) is 5.10 Å². The third kappa shape index (κ3) is 2.16. The molecule has 2 aromatic rings. The number of pyridine rings is 1. The molecule has 0 aliphatic rings. The largest absolute Gasteiger partial charge is 0.245 e. The quantitative estimate of drug-likeness (QED) is 0.811. The Kier molecular flexibility index (Phi) is 3.46. The van der Waals surface area contributed by atoms with Crippen molar-refractivity contribution in [2.24, 2.45) is 0 Å². The molecule has 98 valence electrons. The van der Waals surface area contributed by atoms with Crippen molar-refractivity contribution in [2.45, 2.75) is 31.7 Å². The molecule has 7 heteroatoms.